The number of nitrogens with one attached hydrogen (secondary N) is 5. The molecule has 0 bridgehead atoms. The normalized spacial score (nSPS) is 25.5. The minimum atomic E-state index is -0.807. The first-order chi connectivity index (χ1) is 14.4. The van der Waals surface area contributed by atoms with Gasteiger partial charge in [-0.25, -0.2) is 0 Å². The number of carbonyl (C=O) groups excluding carboxylic acids is 3. The fraction of sp³-hybridized carbons (Fsp3) is 0.250. The molecule has 0 saturated carbocycles. The number of carbonyl (C=O) groups is 3. The highest BCUT2D eigenvalue weighted by Crippen LogP contribution is 2.29. The Morgan fingerprint density at radius 2 is 1.67 bits per heavy atom. The zero-order chi connectivity index (χ0) is 21.3. The van der Waals surface area contributed by atoms with Gasteiger partial charge in [-0.2, -0.15) is 0 Å². The molecule has 4 atom stereocenters. The summed E-state index contributed by atoms with van der Waals surface area (Å²) in [4.78, 5) is 37.9. The first kappa shape index (κ1) is 20.5. The molecule has 2 saturated heterocycles. The number of benzene rings is 2. The van der Waals surface area contributed by atoms with Crippen LogP contribution in [0.15, 0.2) is 48.5 Å². The number of para-hydroxylation sites is 1. The Morgan fingerprint density at radius 1 is 0.967 bits per heavy atom. The molecule has 4 unspecified atom stereocenters. The molecule has 2 aliphatic heterocycles. The third-order valence-corrected chi connectivity index (χ3v) is 5.44. The van der Waals surface area contributed by atoms with Gasteiger partial charge in [-0.3, -0.25) is 19.7 Å². The topological polar surface area (TPSA) is 111 Å². The molecule has 2 aromatic rings. The second kappa shape index (κ2) is 8.51. The van der Waals surface area contributed by atoms with E-state index in [0.29, 0.717) is 21.4 Å². The SMILES string of the molecule is O=C1CC(C(=O)Nc2ccccc2)C2C(=O)NC(Nc3cc(Cl)cc(Cl)c3)NC2N1. The van der Waals surface area contributed by atoms with Crippen LogP contribution in [0.5, 0.6) is 0 Å². The number of piperidine rings is 1. The molecule has 0 aliphatic carbocycles. The molecule has 30 heavy (non-hydrogen) atoms. The smallest absolute Gasteiger partial charge is 0.229 e. The van der Waals surface area contributed by atoms with Crippen molar-refractivity contribution < 1.29 is 14.4 Å². The van der Waals surface area contributed by atoms with E-state index >= 15 is 0 Å². The highest BCUT2D eigenvalue weighted by molar-refractivity contribution is 6.35. The summed E-state index contributed by atoms with van der Waals surface area (Å²) in [6.45, 7) is 0. The van der Waals surface area contributed by atoms with Gasteiger partial charge in [0.1, 0.15) is 0 Å². The minimum Gasteiger partial charge on any atom is -0.353 e. The van der Waals surface area contributed by atoms with Crippen molar-refractivity contribution in [3.05, 3.63) is 58.6 Å². The molecule has 156 valence electrons. The van der Waals surface area contributed by atoms with Crippen molar-refractivity contribution in [2.45, 2.75) is 18.9 Å². The zero-order valence-electron chi connectivity index (χ0n) is 15.6. The lowest BCUT2D eigenvalue weighted by Gasteiger charge is -2.43. The number of hydrogen-bond donors (Lipinski definition) is 5. The maximum atomic E-state index is 12.9. The van der Waals surface area contributed by atoms with E-state index in [4.69, 9.17) is 23.2 Å². The lowest BCUT2D eigenvalue weighted by molar-refractivity contribution is -0.144. The van der Waals surface area contributed by atoms with Crippen LogP contribution in [0, 0.1) is 11.8 Å². The van der Waals surface area contributed by atoms with E-state index in [1.54, 1.807) is 42.5 Å². The van der Waals surface area contributed by atoms with Crippen LogP contribution in [-0.4, -0.2) is 30.2 Å². The van der Waals surface area contributed by atoms with Crippen LogP contribution >= 0.6 is 23.2 Å². The first-order valence-electron chi connectivity index (χ1n) is 9.33. The average molecular weight is 448 g/mol. The molecule has 10 heteroatoms. The number of halogens is 2. The van der Waals surface area contributed by atoms with Crippen molar-refractivity contribution in [2.75, 3.05) is 10.6 Å². The summed E-state index contributed by atoms with van der Waals surface area (Å²) >= 11 is 12.0. The number of hydrogen-bond acceptors (Lipinski definition) is 5. The van der Waals surface area contributed by atoms with Crippen molar-refractivity contribution >= 4 is 52.3 Å². The third-order valence-electron chi connectivity index (χ3n) is 5.00. The van der Waals surface area contributed by atoms with Crippen LogP contribution in [0.4, 0.5) is 11.4 Å². The predicted molar refractivity (Wildman–Crippen MR) is 114 cm³/mol. The number of amides is 3. The summed E-state index contributed by atoms with van der Waals surface area (Å²) in [6.07, 6.45) is -1.47. The Bertz CT molecular complexity index is 967. The van der Waals surface area contributed by atoms with Gasteiger partial charge in [0, 0.05) is 27.8 Å². The second-order valence-electron chi connectivity index (χ2n) is 7.15. The molecule has 0 spiro atoms. The largest absolute Gasteiger partial charge is 0.353 e. The highest BCUT2D eigenvalue weighted by atomic mass is 35.5. The van der Waals surface area contributed by atoms with Crippen LogP contribution in [0.3, 0.4) is 0 Å². The van der Waals surface area contributed by atoms with Gasteiger partial charge in [-0.1, -0.05) is 41.4 Å². The fourth-order valence-corrected chi connectivity index (χ4v) is 4.24. The minimum absolute atomic E-state index is 0.0725. The van der Waals surface area contributed by atoms with Gasteiger partial charge in [-0.05, 0) is 30.3 Å². The van der Waals surface area contributed by atoms with Crippen molar-refractivity contribution in [1.29, 1.82) is 0 Å². The Kier molecular flexibility index (Phi) is 5.80. The summed E-state index contributed by atoms with van der Waals surface area (Å²) in [6, 6.07) is 13.8. The molecule has 2 heterocycles. The first-order valence-corrected chi connectivity index (χ1v) is 10.1. The predicted octanol–water partition coefficient (Wildman–Crippen LogP) is 2.13. The van der Waals surface area contributed by atoms with Crippen molar-refractivity contribution in [3.63, 3.8) is 0 Å². The molecule has 3 amide bonds. The van der Waals surface area contributed by atoms with E-state index in [-0.39, 0.29) is 24.1 Å². The molecule has 2 aromatic carbocycles. The third kappa shape index (κ3) is 4.51. The van der Waals surface area contributed by atoms with Crippen LogP contribution in [0.25, 0.3) is 0 Å². The number of anilines is 2. The van der Waals surface area contributed by atoms with Gasteiger partial charge in [-0.15, -0.1) is 0 Å². The van der Waals surface area contributed by atoms with Crippen molar-refractivity contribution in [2.24, 2.45) is 11.8 Å². The highest BCUT2D eigenvalue weighted by Gasteiger charge is 2.48. The summed E-state index contributed by atoms with van der Waals surface area (Å²) < 4.78 is 0. The Morgan fingerprint density at radius 3 is 2.37 bits per heavy atom. The summed E-state index contributed by atoms with van der Waals surface area (Å²) in [5, 5.41) is 15.4. The van der Waals surface area contributed by atoms with E-state index in [1.165, 1.54) is 0 Å². The fourth-order valence-electron chi connectivity index (χ4n) is 3.71. The van der Waals surface area contributed by atoms with Crippen LogP contribution in [0.2, 0.25) is 10.0 Å². The monoisotopic (exact) mass is 447 g/mol. The summed E-state index contributed by atoms with van der Waals surface area (Å²) in [7, 11) is 0. The Labute approximate surface area is 182 Å². The van der Waals surface area contributed by atoms with E-state index in [2.05, 4.69) is 26.6 Å². The van der Waals surface area contributed by atoms with Crippen molar-refractivity contribution in [1.82, 2.24) is 16.0 Å². The molecule has 5 N–H and O–H groups in total. The molecular formula is C20H19Cl2N5O3. The molecule has 0 aromatic heterocycles. The number of rotatable bonds is 4. The van der Waals surface area contributed by atoms with E-state index in [1.807, 2.05) is 6.07 Å². The van der Waals surface area contributed by atoms with E-state index in [9.17, 15) is 14.4 Å². The molecule has 2 fully saturated rings. The van der Waals surface area contributed by atoms with Crippen molar-refractivity contribution in [3.8, 4) is 0 Å². The van der Waals surface area contributed by atoms with Gasteiger partial charge in [0.15, 0.2) is 6.29 Å². The number of fused-ring (bicyclic) bond motifs is 1. The summed E-state index contributed by atoms with van der Waals surface area (Å²) in [5.41, 5.74) is 1.19. The Balaban J connectivity index is 1.49. The Hall–Kier alpha value is -2.81. The van der Waals surface area contributed by atoms with Gasteiger partial charge >= 0.3 is 0 Å². The molecule has 2 aliphatic rings. The summed E-state index contributed by atoms with van der Waals surface area (Å²) in [5.74, 6) is -2.60. The van der Waals surface area contributed by atoms with Gasteiger partial charge in [0.2, 0.25) is 17.7 Å². The van der Waals surface area contributed by atoms with Gasteiger partial charge < -0.3 is 21.3 Å². The molecular weight excluding hydrogens is 429 g/mol. The lowest BCUT2D eigenvalue weighted by Crippen LogP contribution is -2.72. The van der Waals surface area contributed by atoms with Crippen LogP contribution in [-0.2, 0) is 14.4 Å². The van der Waals surface area contributed by atoms with E-state index in [0.717, 1.165) is 0 Å². The maximum absolute atomic E-state index is 12.9. The van der Waals surface area contributed by atoms with Gasteiger partial charge in [0.05, 0.1) is 18.0 Å². The maximum Gasteiger partial charge on any atom is 0.229 e. The van der Waals surface area contributed by atoms with Crippen LogP contribution < -0.4 is 26.6 Å². The lowest BCUT2D eigenvalue weighted by atomic mass is 9.81. The van der Waals surface area contributed by atoms with Gasteiger partial charge in [0.25, 0.3) is 0 Å². The van der Waals surface area contributed by atoms with Crippen LogP contribution in [0.1, 0.15) is 6.42 Å². The molecule has 8 nitrogen and oxygen atoms in total. The molecule has 4 rings (SSSR count). The zero-order valence-corrected chi connectivity index (χ0v) is 17.1. The molecule has 0 radical (unpaired) electrons. The quantitative estimate of drug-likeness (QED) is 0.492. The average Bonchev–Trinajstić information content (AvgIpc) is 2.67. The van der Waals surface area contributed by atoms with E-state index < -0.39 is 24.3 Å². The second-order valence-corrected chi connectivity index (χ2v) is 8.02. The standard InChI is InChI=1S/C20H19Cl2N5O3/c21-10-6-11(22)8-13(7-10)24-20-26-17-16(19(30)27-20)14(9-15(28)25-17)18(29)23-12-4-2-1-3-5-12/h1-8,14,16-17,20,24,26H,9H2,(H,23,29)(H,25,28)(H,27,30).